The second-order valence-electron chi connectivity index (χ2n) is 5.99. The zero-order chi connectivity index (χ0) is 14.6. The highest BCUT2D eigenvalue weighted by Crippen LogP contribution is 2.35. The lowest BCUT2D eigenvalue weighted by atomic mass is 9.75. The van der Waals surface area contributed by atoms with Crippen molar-refractivity contribution in [1.82, 2.24) is 10.2 Å². The Bertz CT molecular complexity index is 467. The van der Waals surface area contributed by atoms with Crippen molar-refractivity contribution in [3.05, 3.63) is 29.8 Å². The van der Waals surface area contributed by atoms with Gasteiger partial charge in [-0.05, 0) is 58.0 Å². The van der Waals surface area contributed by atoms with Gasteiger partial charge in [0, 0.05) is 17.8 Å². The highest BCUT2D eigenvalue weighted by Gasteiger charge is 2.38. The zero-order valence-electron chi connectivity index (χ0n) is 12.7. The van der Waals surface area contributed by atoms with Gasteiger partial charge in [0.05, 0.1) is 6.54 Å². The van der Waals surface area contributed by atoms with Crippen molar-refractivity contribution in [2.24, 2.45) is 0 Å². The minimum absolute atomic E-state index is 0.0174. The van der Waals surface area contributed by atoms with Gasteiger partial charge in [0.2, 0.25) is 5.91 Å². The lowest BCUT2D eigenvalue weighted by molar-refractivity contribution is -0.115. The van der Waals surface area contributed by atoms with Gasteiger partial charge in [-0.25, -0.2) is 0 Å². The number of hydrogen-bond donors (Lipinski definition) is 2. The van der Waals surface area contributed by atoms with Crippen molar-refractivity contribution in [2.75, 3.05) is 32.5 Å². The highest BCUT2D eigenvalue weighted by atomic mass is 16.1. The number of nitrogens with zero attached hydrogens (tertiary/aromatic N) is 1. The SMILES string of the molecule is Cc1cccc(NC(=O)CNCC2(N(C)C)CCC2)c1. The standard InChI is InChI=1S/C16H25N3O/c1-13-6-4-7-14(10-13)18-15(20)11-17-12-16(19(2)3)8-5-9-16/h4,6-7,10,17H,5,8-9,11-12H2,1-3H3,(H,18,20). The molecule has 0 aromatic heterocycles. The van der Waals surface area contributed by atoms with Crippen LogP contribution in [0.25, 0.3) is 0 Å². The Morgan fingerprint density at radius 2 is 2.10 bits per heavy atom. The molecule has 0 radical (unpaired) electrons. The molecule has 2 rings (SSSR count). The number of aryl methyl sites for hydroxylation is 1. The number of likely N-dealkylation sites (N-methyl/N-ethyl adjacent to an activating group) is 1. The van der Waals surface area contributed by atoms with E-state index in [0.717, 1.165) is 17.8 Å². The minimum Gasteiger partial charge on any atom is -0.325 e. The maximum absolute atomic E-state index is 11.9. The Morgan fingerprint density at radius 3 is 2.65 bits per heavy atom. The van der Waals surface area contributed by atoms with Crippen LogP contribution in [0.2, 0.25) is 0 Å². The summed E-state index contributed by atoms with van der Waals surface area (Å²) in [6, 6.07) is 7.86. The van der Waals surface area contributed by atoms with Gasteiger partial charge in [0.15, 0.2) is 0 Å². The summed E-state index contributed by atoms with van der Waals surface area (Å²) < 4.78 is 0. The summed E-state index contributed by atoms with van der Waals surface area (Å²) in [6.07, 6.45) is 3.72. The van der Waals surface area contributed by atoms with Gasteiger partial charge >= 0.3 is 0 Å². The first-order chi connectivity index (χ1) is 9.52. The zero-order valence-corrected chi connectivity index (χ0v) is 12.7. The van der Waals surface area contributed by atoms with Crippen LogP contribution in [0, 0.1) is 6.92 Å². The van der Waals surface area contributed by atoms with E-state index in [1.54, 1.807) is 0 Å². The Balaban J connectivity index is 1.75. The van der Waals surface area contributed by atoms with Gasteiger partial charge in [-0.2, -0.15) is 0 Å². The summed E-state index contributed by atoms with van der Waals surface area (Å²) in [6.45, 7) is 3.26. The molecule has 1 aliphatic carbocycles. The third-order valence-corrected chi connectivity index (χ3v) is 4.27. The third-order valence-electron chi connectivity index (χ3n) is 4.27. The average Bonchev–Trinajstić information content (AvgIpc) is 2.32. The molecule has 0 bridgehead atoms. The fourth-order valence-electron chi connectivity index (χ4n) is 2.70. The van der Waals surface area contributed by atoms with Crippen LogP contribution >= 0.6 is 0 Å². The van der Waals surface area contributed by atoms with Crippen molar-refractivity contribution in [1.29, 1.82) is 0 Å². The van der Waals surface area contributed by atoms with Gasteiger partial charge < -0.3 is 15.5 Å². The predicted molar refractivity (Wildman–Crippen MR) is 82.9 cm³/mol. The molecule has 0 atom stereocenters. The summed E-state index contributed by atoms with van der Waals surface area (Å²) in [5.41, 5.74) is 2.27. The van der Waals surface area contributed by atoms with Crippen molar-refractivity contribution < 1.29 is 4.79 Å². The van der Waals surface area contributed by atoms with E-state index in [1.807, 2.05) is 31.2 Å². The molecule has 0 unspecified atom stereocenters. The molecule has 20 heavy (non-hydrogen) atoms. The molecule has 1 aliphatic rings. The molecule has 110 valence electrons. The van der Waals surface area contributed by atoms with Crippen LogP contribution < -0.4 is 10.6 Å². The van der Waals surface area contributed by atoms with Crippen LogP contribution in [-0.2, 0) is 4.79 Å². The molecule has 1 amide bonds. The predicted octanol–water partition coefficient (Wildman–Crippen LogP) is 2.01. The van der Waals surface area contributed by atoms with E-state index in [1.165, 1.54) is 19.3 Å². The Labute approximate surface area is 121 Å². The van der Waals surface area contributed by atoms with E-state index >= 15 is 0 Å². The van der Waals surface area contributed by atoms with Crippen molar-refractivity contribution in [3.8, 4) is 0 Å². The van der Waals surface area contributed by atoms with Gasteiger partial charge in [-0.15, -0.1) is 0 Å². The molecule has 1 aromatic carbocycles. The van der Waals surface area contributed by atoms with Gasteiger partial charge in [-0.3, -0.25) is 4.79 Å². The average molecular weight is 275 g/mol. The first kappa shape index (κ1) is 15.0. The van der Waals surface area contributed by atoms with Crippen molar-refractivity contribution in [3.63, 3.8) is 0 Å². The molecule has 0 saturated heterocycles. The van der Waals surface area contributed by atoms with Gasteiger partial charge in [-0.1, -0.05) is 12.1 Å². The molecule has 1 fully saturated rings. The maximum Gasteiger partial charge on any atom is 0.238 e. The van der Waals surface area contributed by atoms with E-state index in [4.69, 9.17) is 0 Å². The van der Waals surface area contributed by atoms with Crippen LogP contribution in [-0.4, -0.2) is 43.5 Å². The van der Waals surface area contributed by atoms with E-state index in [0.29, 0.717) is 6.54 Å². The number of amides is 1. The molecule has 0 heterocycles. The second kappa shape index (κ2) is 6.37. The summed E-state index contributed by atoms with van der Waals surface area (Å²) in [5.74, 6) is 0.0174. The van der Waals surface area contributed by atoms with Crippen LogP contribution in [0.1, 0.15) is 24.8 Å². The molecular weight excluding hydrogens is 250 g/mol. The van der Waals surface area contributed by atoms with E-state index in [9.17, 15) is 4.79 Å². The number of carbonyl (C=O) groups excluding carboxylic acids is 1. The topological polar surface area (TPSA) is 44.4 Å². The lowest BCUT2D eigenvalue weighted by Crippen LogP contribution is -2.57. The van der Waals surface area contributed by atoms with Crippen molar-refractivity contribution >= 4 is 11.6 Å². The van der Waals surface area contributed by atoms with Crippen LogP contribution in [0.15, 0.2) is 24.3 Å². The third kappa shape index (κ3) is 3.58. The first-order valence-corrected chi connectivity index (χ1v) is 7.26. The maximum atomic E-state index is 11.9. The molecule has 0 aliphatic heterocycles. The number of nitrogens with one attached hydrogen (secondary N) is 2. The molecule has 2 N–H and O–H groups in total. The summed E-state index contributed by atoms with van der Waals surface area (Å²) in [5, 5.41) is 6.21. The molecule has 4 heteroatoms. The molecule has 0 spiro atoms. The van der Waals surface area contributed by atoms with Crippen LogP contribution in [0.3, 0.4) is 0 Å². The smallest absolute Gasteiger partial charge is 0.238 e. The summed E-state index contributed by atoms with van der Waals surface area (Å²) >= 11 is 0. The Kier molecular flexibility index (Phi) is 4.78. The summed E-state index contributed by atoms with van der Waals surface area (Å²) in [4.78, 5) is 14.2. The number of anilines is 1. The molecule has 4 nitrogen and oxygen atoms in total. The monoisotopic (exact) mass is 275 g/mol. The van der Waals surface area contributed by atoms with E-state index in [-0.39, 0.29) is 11.4 Å². The molecule has 1 saturated carbocycles. The minimum atomic E-state index is 0.0174. The second-order valence-corrected chi connectivity index (χ2v) is 5.99. The fourth-order valence-corrected chi connectivity index (χ4v) is 2.70. The normalized spacial score (nSPS) is 16.8. The highest BCUT2D eigenvalue weighted by molar-refractivity contribution is 5.92. The Hall–Kier alpha value is -1.39. The van der Waals surface area contributed by atoms with Gasteiger partial charge in [0.25, 0.3) is 0 Å². The molecular formula is C16H25N3O. The Morgan fingerprint density at radius 1 is 1.35 bits per heavy atom. The first-order valence-electron chi connectivity index (χ1n) is 7.26. The number of hydrogen-bond acceptors (Lipinski definition) is 3. The van der Waals surface area contributed by atoms with Crippen LogP contribution in [0.5, 0.6) is 0 Å². The molecule has 1 aromatic rings. The largest absolute Gasteiger partial charge is 0.325 e. The number of carbonyl (C=O) groups is 1. The lowest BCUT2D eigenvalue weighted by Gasteiger charge is -2.47. The quantitative estimate of drug-likeness (QED) is 0.834. The van der Waals surface area contributed by atoms with E-state index < -0.39 is 0 Å². The van der Waals surface area contributed by atoms with E-state index in [2.05, 4.69) is 29.6 Å². The van der Waals surface area contributed by atoms with Crippen LogP contribution in [0.4, 0.5) is 5.69 Å². The summed E-state index contributed by atoms with van der Waals surface area (Å²) in [7, 11) is 4.24. The number of rotatable bonds is 6. The van der Waals surface area contributed by atoms with Gasteiger partial charge in [0.1, 0.15) is 0 Å². The fraction of sp³-hybridized carbons (Fsp3) is 0.562. The number of benzene rings is 1. The van der Waals surface area contributed by atoms with Crippen molar-refractivity contribution in [2.45, 2.75) is 31.7 Å².